The molecule has 0 saturated heterocycles. The molecule has 4 heteroatoms. The maximum absolute atomic E-state index is 4.96. The molecule has 0 radical (unpaired) electrons. The van der Waals surface area contributed by atoms with Crippen LogP contribution in [-0.2, 0) is 12.6 Å². The summed E-state index contributed by atoms with van der Waals surface area (Å²) in [4.78, 5) is 4.96. The highest BCUT2D eigenvalue weighted by atomic mass is 15.4. The van der Waals surface area contributed by atoms with Crippen molar-refractivity contribution >= 4 is 39.4 Å². The second-order valence-electron chi connectivity index (χ2n) is 7.34. The minimum atomic E-state index is -0.123. The Kier molecular flexibility index (Phi) is 2.66. The number of hydrogen-bond donors (Lipinski definition) is 0. The highest BCUT2D eigenvalue weighted by molar-refractivity contribution is 6.00. The van der Waals surface area contributed by atoms with E-state index >= 15 is 0 Å². The molecule has 0 fully saturated rings. The van der Waals surface area contributed by atoms with Crippen LogP contribution in [0.25, 0.3) is 21.9 Å². The largest absolute Gasteiger partial charge is 0.360 e. The second kappa shape index (κ2) is 4.60. The molecule has 1 aliphatic rings. The van der Waals surface area contributed by atoms with Gasteiger partial charge in [0.25, 0.3) is 0 Å². The molecule has 0 bridgehead atoms. The van der Waals surface area contributed by atoms with Crippen LogP contribution in [0.2, 0.25) is 0 Å². The topological polar surface area (TPSA) is 25.8 Å². The number of hydrogen-bond acceptors (Lipinski definition) is 1. The molecule has 0 N–H and O–H groups in total. The number of imidazole rings is 1. The number of aromatic nitrogens is 3. The maximum Gasteiger partial charge on any atom is 0.360 e. The van der Waals surface area contributed by atoms with Gasteiger partial charge in [0, 0.05) is 18.5 Å². The lowest BCUT2D eigenvalue weighted by molar-refractivity contribution is 0.528. The van der Waals surface area contributed by atoms with Crippen LogP contribution in [0.3, 0.4) is 0 Å². The van der Waals surface area contributed by atoms with Gasteiger partial charge in [-0.25, -0.2) is 4.57 Å². The van der Waals surface area contributed by atoms with E-state index in [1.807, 2.05) is 0 Å². The predicted molar refractivity (Wildman–Crippen MR) is 104 cm³/mol. The van der Waals surface area contributed by atoms with Gasteiger partial charge in [0.05, 0.1) is 11.2 Å². The van der Waals surface area contributed by atoms with Gasteiger partial charge in [0.2, 0.25) is 5.82 Å². The average molecular weight is 329 g/mol. The van der Waals surface area contributed by atoms with Crippen LogP contribution < -0.4 is 4.58 Å². The zero-order chi connectivity index (χ0) is 17.3. The number of rotatable bonds is 1. The van der Waals surface area contributed by atoms with Crippen LogP contribution in [0, 0.1) is 0 Å². The van der Waals surface area contributed by atoms with E-state index in [1.165, 1.54) is 22.1 Å². The van der Waals surface area contributed by atoms with E-state index in [0.29, 0.717) is 0 Å². The quantitative estimate of drug-likeness (QED) is 0.470. The van der Waals surface area contributed by atoms with E-state index in [4.69, 9.17) is 4.98 Å². The highest BCUT2D eigenvalue weighted by Gasteiger charge is 2.44. The fraction of sp³-hybridized carbons (Fsp3) is 0.238. The van der Waals surface area contributed by atoms with Crippen LogP contribution in [0.5, 0.6) is 0 Å². The molecule has 0 spiro atoms. The van der Waals surface area contributed by atoms with Crippen molar-refractivity contribution in [3.05, 3.63) is 54.6 Å². The van der Waals surface area contributed by atoms with Gasteiger partial charge in [0.1, 0.15) is 11.1 Å². The average Bonchev–Trinajstić information content (AvgIpc) is 3.19. The van der Waals surface area contributed by atoms with Crippen LogP contribution >= 0.6 is 0 Å². The molecule has 124 valence electrons. The van der Waals surface area contributed by atoms with Crippen molar-refractivity contribution in [2.24, 2.45) is 7.05 Å². The summed E-state index contributed by atoms with van der Waals surface area (Å²) in [6, 6.07) is 19.1. The third kappa shape index (κ3) is 1.71. The van der Waals surface area contributed by atoms with Crippen molar-refractivity contribution in [3.8, 4) is 0 Å². The lowest BCUT2D eigenvalue weighted by Gasteiger charge is -2.18. The fourth-order valence-electron chi connectivity index (χ4n) is 4.06. The molecule has 3 heterocycles. The van der Waals surface area contributed by atoms with Crippen LogP contribution in [0.15, 0.2) is 54.6 Å². The molecular weight excluding hydrogens is 308 g/mol. The third-order valence-electron chi connectivity index (χ3n) is 5.68. The standard InChI is InChI=1S/C21H21N4/c1-14-21(2,3)25-18-12-8-6-10-16(18)22-20(25)24(14)19-13-15-9-5-7-11-17(15)23(19)4/h5-13H,1-4H3/q+1. The second-order valence-corrected chi connectivity index (χ2v) is 7.34. The molecular formula is C21H21N4+. The monoisotopic (exact) mass is 329 g/mol. The van der Waals surface area contributed by atoms with Gasteiger partial charge in [-0.1, -0.05) is 30.3 Å². The van der Waals surface area contributed by atoms with E-state index in [9.17, 15) is 0 Å². The van der Waals surface area contributed by atoms with Crippen LogP contribution in [-0.4, -0.2) is 19.8 Å². The molecule has 2 aromatic carbocycles. The Morgan fingerprint density at radius 2 is 1.64 bits per heavy atom. The summed E-state index contributed by atoms with van der Waals surface area (Å²) in [6.45, 7) is 6.74. The van der Waals surface area contributed by atoms with E-state index in [-0.39, 0.29) is 5.54 Å². The van der Waals surface area contributed by atoms with Crippen molar-refractivity contribution in [1.82, 2.24) is 18.7 Å². The Morgan fingerprint density at radius 3 is 2.40 bits per heavy atom. The number of para-hydroxylation sites is 3. The van der Waals surface area contributed by atoms with Gasteiger partial charge in [-0.15, -0.1) is 4.98 Å². The first-order valence-corrected chi connectivity index (χ1v) is 8.67. The Labute approximate surface area is 146 Å². The Morgan fingerprint density at radius 1 is 0.960 bits per heavy atom. The minimum Gasteiger partial charge on any atom is -0.278 e. The zero-order valence-corrected chi connectivity index (χ0v) is 15.0. The molecule has 0 unspecified atom stereocenters. The fourth-order valence-corrected chi connectivity index (χ4v) is 4.06. The summed E-state index contributed by atoms with van der Waals surface area (Å²) in [7, 11) is 2.13. The Balaban J connectivity index is 1.88. The normalized spacial score (nSPS) is 16.2. The summed E-state index contributed by atoms with van der Waals surface area (Å²) < 4.78 is 6.92. The van der Waals surface area contributed by atoms with Crippen molar-refractivity contribution < 1.29 is 0 Å². The molecule has 0 saturated carbocycles. The van der Waals surface area contributed by atoms with Gasteiger partial charge >= 0.3 is 5.95 Å². The van der Waals surface area contributed by atoms with Crippen molar-refractivity contribution in [1.29, 1.82) is 0 Å². The van der Waals surface area contributed by atoms with Gasteiger partial charge in [-0.3, -0.25) is 4.57 Å². The lowest BCUT2D eigenvalue weighted by Crippen LogP contribution is -2.31. The zero-order valence-electron chi connectivity index (χ0n) is 15.0. The third-order valence-corrected chi connectivity index (χ3v) is 5.68. The highest BCUT2D eigenvalue weighted by Crippen LogP contribution is 2.39. The first-order chi connectivity index (χ1) is 12.0. The molecule has 4 aromatic rings. The molecule has 5 rings (SSSR count). The molecule has 2 aromatic heterocycles. The minimum absolute atomic E-state index is 0.123. The van der Waals surface area contributed by atoms with Crippen LogP contribution in [0.1, 0.15) is 20.8 Å². The first kappa shape index (κ1) is 14.5. The number of aryl methyl sites for hydroxylation is 1. The van der Waals surface area contributed by atoms with Gasteiger partial charge in [-0.2, -0.15) is 4.58 Å². The Hall–Kier alpha value is -2.88. The molecule has 4 nitrogen and oxygen atoms in total. The SMILES string of the molecule is CC1=[N+](c2cc3ccccc3n2C)c2nc3ccccc3n2C1(C)C. The van der Waals surface area contributed by atoms with Crippen molar-refractivity contribution in [2.45, 2.75) is 26.3 Å². The summed E-state index contributed by atoms with van der Waals surface area (Å²) in [5.74, 6) is 2.15. The summed E-state index contributed by atoms with van der Waals surface area (Å²) in [5, 5.41) is 1.25. The van der Waals surface area contributed by atoms with Gasteiger partial charge in [0.15, 0.2) is 5.52 Å². The first-order valence-electron chi connectivity index (χ1n) is 8.67. The maximum atomic E-state index is 4.96. The predicted octanol–water partition coefficient (Wildman–Crippen LogP) is 4.57. The number of fused-ring (bicyclic) bond motifs is 4. The van der Waals surface area contributed by atoms with E-state index < -0.39 is 0 Å². The van der Waals surface area contributed by atoms with E-state index in [2.05, 4.69) is 96.1 Å². The molecule has 0 aliphatic carbocycles. The smallest absolute Gasteiger partial charge is 0.278 e. The molecule has 0 atom stereocenters. The summed E-state index contributed by atoms with van der Waals surface area (Å²) >= 11 is 0. The molecule has 25 heavy (non-hydrogen) atoms. The van der Waals surface area contributed by atoms with Crippen molar-refractivity contribution in [2.75, 3.05) is 0 Å². The summed E-state index contributed by atoms with van der Waals surface area (Å²) in [6.07, 6.45) is 0. The van der Waals surface area contributed by atoms with Gasteiger partial charge in [-0.05, 0) is 39.0 Å². The molecule has 1 aliphatic heterocycles. The number of benzene rings is 2. The lowest BCUT2D eigenvalue weighted by atomic mass is 9.99. The number of nitrogens with zero attached hydrogens (tertiary/aromatic N) is 4. The summed E-state index contributed by atoms with van der Waals surface area (Å²) in [5.41, 5.74) is 4.62. The van der Waals surface area contributed by atoms with E-state index in [0.717, 1.165) is 17.3 Å². The van der Waals surface area contributed by atoms with Crippen LogP contribution in [0.4, 0.5) is 11.8 Å². The van der Waals surface area contributed by atoms with E-state index in [1.54, 1.807) is 0 Å². The Bertz CT molecular complexity index is 1190. The van der Waals surface area contributed by atoms with Crippen molar-refractivity contribution in [3.63, 3.8) is 0 Å². The molecule has 0 amide bonds. The van der Waals surface area contributed by atoms with Gasteiger partial charge < -0.3 is 0 Å².